The lowest BCUT2D eigenvalue weighted by atomic mass is 9.97. The summed E-state index contributed by atoms with van der Waals surface area (Å²) in [4.78, 5) is 7.87. The third-order valence-electron chi connectivity index (χ3n) is 7.35. The van der Waals surface area contributed by atoms with Crippen LogP contribution in [0.2, 0.25) is 0 Å². The van der Waals surface area contributed by atoms with Crippen LogP contribution in [0.3, 0.4) is 0 Å². The fraction of sp³-hybridized carbons (Fsp3) is 0.571. The zero-order valence-corrected chi connectivity index (χ0v) is 20.4. The van der Waals surface area contributed by atoms with E-state index in [0.717, 1.165) is 38.3 Å². The predicted molar refractivity (Wildman–Crippen MR) is 134 cm³/mol. The molecule has 33 heavy (non-hydrogen) atoms. The van der Waals surface area contributed by atoms with E-state index in [1.54, 1.807) is 0 Å². The van der Waals surface area contributed by atoms with Crippen molar-refractivity contribution >= 4 is 0 Å². The van der Waals surface area contributed by atoms with Crippen molar-refractivity contribution in [3.63, 3.8) is 0 Å². The molecule has 2 fully saturated rings. The third-order valence-corrected chi connectivity index (χ3v) is 7.35. The lowest BCUT2D eigenvalue weighted by molar-refractivity contribution is -0.0000337. The van der Waals surface area contributed by atoms with E-state index < -0.39 is 0 Å². The number of piperazine rings is 1. The van der Waals surface area contributed by atoms with Gasteiger partial charge in [-0.3, -0.25) is 9.80 Å². The summed E-state index contributed by atoms with van der Waals surface area (Å²) in [6.45, 7) is 12.1. The van der Waals surface area contributed by atoms with Crippen LogP contribution >= 0.6 is 0 Å². The largest absolute Gasteiger partial charge is 0.489 e. The summed E-state index contributed by atoms with van der Waals surface area (Å²) >= 11 is 0. The molecule has 2 heterocycles. The van der Waals surface area contributed by atoms with Gasteiger partial charge in [-0.1, -0.05) is 42.5 Å². The first-order chi connectivity index (χ1) is 16.1. The molecule has 0 bridgehead atoms. The smallest absolute Gasteiger partial charge is 0.119 e. The highest BCUT2D eigenvalue weighted by Crippen LogP contribution is 2.25. The molecule has 2 aliphatic rings. The summed E-state index contributed by atoms with van der Waals surface area (Å²) in [5, 5.41) is 9.72. The Morgan fingerprint density at radius 1 is 0.909 bits per heavy atom. The van der Waals surface area contributed by atoms with E-state index in [1.165, 1.54) is 37.1 Å². The number of aliphatic hydroxyl groups excluding tert-OH is 1. The second-order valence-electron chi connectivity index (χ2n) is 9.92. The van der Waals surface area contributed by atoms with Crippen LogP contribution in [-0.4, -0.2) is 77.3 Å². The van der Waals surface area contributed by atoms with Crippen molar-refractivity contribution in [2.75, 3.05) is 39.3 Å². The van der Waals surface area contributed by atoms with Crippen LogP contribution in [0.1, 0.15) is 44.2 Å². The predicted octanol–water partition coefficient (Wildman–Crippen LogP) is 4.01. The molecule has 2 aliphatic heterocycles. The standard InChI is InChI=1S/C28H41N3O2/c1-23(2)30-15-12-26(13-16-30)31-18-17-29(21-27(31)14-19-32)20-24-8-10-28(11-9-24)33-22-25-6-4-3-5-7-25/h3-11,23,26-27,32H,12-22H2,1-2H3/t27-/m0/s1. The molecule has 1 N–H and O–H groups in total. The van der Waals surface area contributed by atoms with Crippen molar-refractivity contribution in [3.8, 4) is 5.75 Å². The van der Waals surface area contributed by atoms with Gasteiger partial charge >= 0.3 is 0 Å². The second kappa shape index (κ2) is 12.0. The Labute approximate surface area is 200 Å². The summed E-state index contributed by atoms with van der Waals surface area (Å²) in [6.07, 6.45) is 3.38. The zero-order valence-electron chi connectivity index (χ0n) is 20.4. The molecule has 0 saturated carbocycles. The molecule has 5 nitrogen and oxygen atoms in total. The van der Waals surface area contributed by atoms with Crippen LogP contribution in [0.5, 0.6) is 5.75 Å². The fourth-order valence-corrected chi connectivity index (χ4v) is 5.39. The van der Waals surface area contributed by atoms with Crippen LogP contribution in [0.25, 0.3) is 0 Å². The molecule has 180 valence electrons. The highest BCUT2D eigenvalue weighted by atomic mass is 16.5. The summed E-state index contributed by atoms with van der Waals surface area (Å²) < 4.78 is 5.94. The molecule has 5 heteroatoms. The third kappa shape index (κ3) is 6.80. The van der Waals surface area contributed by atoms with E-state index in [2.05, 4.69) is 64.9 Å². The summed E-state index contributed by atoms with van der Waals surface area (Å²) in [7, 11) is 0. The molecule has 4 rings (SSSR count). The number of aliphatic hydroxyl groups is 1. The van der Waals surface area contributed by atoms with E-state index in [-0.39, 0.29) is 6.61 Å². The molecular weight excluding hydrogens is 410 g/mol. The SMILES string of the molecule is CC(C)N1CCC(N2CCN(Cc3ccc(OCc4ccccc4)cc3)C[C@@H]2CCO)CC1. The zero-order chi connectivity index (χ0) is 23.0. The first kappa shape index (κ1) is 24.2. The average molecular weight is 452 g/mol. The molecule has 1 atom stereocenters. The molecule has 2 saturated heterocycles. The molecule has 0 radical (unpaired) electrons. The molecule has 0 amide bonds. The first-order valence-corrected chi connectivity index (χ1v) is 12.7. The van der Waals surface area contributed by atoms with Gasteiger partial charge in [0.25, 0.3) is 0 Å². The quantitative estimate of drug-likeness (QED) is 0.624. The Kier molecular flexibility index (Phi) is 8.79. The Hall–Kier alpha value is -1.92. The van der Waals surface area contributed by atoms with E-state index >= 15 is 0 Å². The van der Waals surface area contributed by atoms with Gasteiger partial charge in [0.05, 0.1) is 0 Å². The lowest BCUT2D eigenvalue weighted by Gasteiger charge is -2.48. The Balaban J connectivity index is 1.28. The van der Waals surface area contributed by atoms with Gasteiger partial charge in [-0.05, 0) is 69.5 Å². The number of hydrogen-bond donors (Lipinski definition) is 1. The minimum atomic E-state index is 0.271. The first-order valence-electron chi connectivity index (χ1n) is 12.7. The highest BCUT2D eigenvalue weighted by Gasteiger charge is 2.33. The maximum atomic E-state index is 9.72. The van der Waals surface area contributed by atoms with Crippen molar-refractivity contribution in [1.29, 1.82) is 0 Å². The van der Waals surface area contributed by atoms with Crippen LogP contribution in [-0.2, 0) is 13.2 Å². The van der Waals surface area contributed by atoms with Gasteiger partial charge in [0.1, 0.15) is 12.4 Å². The number of hydrogen-bond acceptors (Lipinski definition) is 5. The van der Waals surface area contributed by atoms with Crippen LogP contribution in [0.4, 0.5) is 0 Å². The van der Waals surface area contributed by atoms with Gasteiger partial charge in [-0.2, -0.15) is 0 Å². The lowest BCUT2D eigenvalue weighted by Crippen LogP contribution is -2.58. The van der Waals surface area contributed by atoms with E-state index in [1.807, 2.05) is 18.2 Å². The number of nitrogens with zero attached hydrogens (tertiary/aromatic N) is 3. The minimum absolute atomic E-state index is 0.271. The highest BCUT2D eigenvalue weighted by molar-refractivity contribution is 5.28. The molecule has 0 aliphatic carbocycles. The number of rotatable bonds is 9. The average Bonchev–Trinajstić information content (AvgIpc) is 2.85. The Morgan fingerprint density at radius 3 is 2.30 bits per heavy atom. The van der Waals surface area contributed by atoms with Crippen LogP contribution in [0, 0.1) is 0 Å². The topological polar surface area (TPSA) is 39.2 Å². The number of ether oxygens (including phenoxy) is 1. The van der Waals surface area contributed by atoms with Gasteiger partial charge in [0.15, 0.2) is 0 Å². The van der Waals surface area contributed by atoms with Crippen molar-refractivity contribution in [3.05, 3.63) is 65.7 Å². The molecule has 0 aromatic heterocycles. The maximum Gasteiger partial charge on any atom is 0.119 e. The van der Waals surface area contributed by atoms with Gasteiger partial charge in [-0.25, -0.2) is 0 Å². The van der Waals surface area contributed by atoms with Gasteiger partial charge in [-0.15, -0.1) is 0 Å². The van der Waals surface area contributed by atoms with Gasteiger partial charge < -0.3 is 14.7 Å². The van der Waals surface area contributed by atoms with Crippen LogP contribution < -0.4 is 4.74 Å². The molecule has 2 aromatic rings. The molecule has 0 spiro atoms. The summed E-state index contributed by atoms with van der Waals surface area (Å²) in [5.74, 6) is 0.915. The van der Waals surface area contributed by atoms with E-state index in [0.29, 0.717) is 24.7 Å². The number of benzene rings is 2. The molecule has 0 unspecified atom stereocenters. The monoisotopic (exact) mass is 451 g/mol. The van der Waals surface area contributed by atoms with Gasteiger partial charge in [0.2, 0.25) is 0 Å². The summed E-state index contributed by atoms with van der Waals surface area (Å²) in [6, 6.07) is 20.6. The van der Waals surface area contributed by atoms with E-state index in [4.69, 9.17) is 4.74 Å². The van der Waals surface area contributed by atoms with Crippen molar-refractivity contribution in [2.45, 2.75) is 64.4 Å². The molecular formula is C28H41N3O2. The fourth-order valence-electron chi connectivity index (χ4n) is 5.39. The number of likely N-dealkylation sites (tertiary alicyclic amines) is 1. The van der Waals surface area contributed by atoms with Crippen molar-refractivity contribution in [1.82, 2.24) is 14.7 Å². The van der Waals surface area contributed by atoms with Crippen molar-refractivity contribution in [2.24, 2.45) is 0 Å². The summed E-state index contributed by atoms with van der Waals surface area (Å²) in [5.41, 5.74) is 2.51. The van der Waals surface area contributed by atoms with E-state index in [9.17, 15) is 5.11 Å². The second-order valence-corrected chi connectivity index (χ2v) is 9.92. The van der Waals surface area contributed by atoms with Gasteiger partial charge in [0, 0.05) is 50.9 Å². The normalized spacial score (nSPS) is 21.5. The Bertz CT molecular complexity index is 819. The molecule has 2 aromatic carbocycles. The number of piperidine rings is 1. The minimum Gasteiger partial charge on any atom is -0.489 e. The van der Waals surface area contributed by atoms with Crippen LogP contribution in [0.15, 0.2) is 54.6 Å². The maximum absolute atomic E-state index is 9.72. The van der Waals surface area contributed by atoms with Crippen molar-refractivity contribution < 1.29 is 9.84 Å². The Morgan fingerprint density at radius 2 is 1.64 bits per heavy atom.